The molecule has 1 fully saturated rings. The fraction of sp³-hybridized carbons (Fsp3) is 0.562. The lowest BCUT2D eigenvalue weighted by atomic mass is 10.2. The lowest BCUT2D eigenvalue weighted by molar-refractivity contribution is 0.0955. The molecular weight excluding hydrogens is 332 g/mol. The summed E-state index contributed by atoms with van der Waals surface area (Å²) in [6.45, 7) is 1.23. The van der Waals surface area contributed by atoms with E-state index in [1.54, 1.807) is 18.2 Å². The largest absolute Gasteiger partial charge is 0.493 e. The first-order chi connectivity index (χ1) is 11.5. The van der Waals surface area contributed by atoms with Gasteiger partial charge in [0.1, 0.15) is 0 Å². The van der Waals surface area contributed by atoms with Crippen LogP contribution in [-0.4, -0.2) is 58.2 Å². The zero-order valence-corrected chi connectivity index (χ0v) is 14.9. The zero-order chi connectivity index (χ0) is 17.6. The first-order valence-electron chi connectivity index (χ1n) is 7.96. The van der Waals surface area contributed by atoms with Gasteiger partial charge in [-0.05, 0) is 31.0 Å². The highest BCUT2D eigenvalue weighted by molar-refractivity contribution is 7.89. The van der Waals surface area contributed by atoms with E-state index in [2.05, 4.69) is 5.32 Å². The van der Waals surface area contributed by atoms with E-state index < -0.39 is 10.0 Å². The molecule has 1 amide bonds. The molecular formula is C16H24N2O5S. The number of hydrogen-bond acceptors (Lipinski definition) is 5. The van der Waals surface area contributed by atoms with Crippen molar-refractivity contribution in [1.29, 1.82) is 0 Å². The molecule has 7 nitrogen and oxygen atoms in total. The molecule has 1 aromatic rings. The minimum atomic E-state index is -3.31. The number of carbonyl (C=O) groups excluding carboxylic acids is 1. The Hall–Kier alpha value is -1.80. The molecule has 0 unspecified atom stereocenters. The van der Waals surface area contributed by atoms with Gasteiger partial charge in [-0.25, -0.2) is 12.7 Å². The van der Waals surface area contributed by atoms with Crippen LogP contribution in [-0.2, 0) is 10.0 Å². The number of nitrogens with one attached hydrogen (secondary N) is 1. The molecule has 8 heteroatoms. The van der Waals surface area contributed by atoms with Crippen LogP contribution >= 0.6 is 0 Å². The van der Waals surface area contributed by atoms with Gasteiger partial charge in [-0.1, -0.05) is 6.42 Å². The lowest BCUT2D eigenvalue weighted by Crippen LogP contribution is -2.40. The smallest absolute Gasteiger partial charge is 0.251 e. The minimum Gasteiger partial charge on any atom is -0.493 e. The number of methoxy groups -OCH3 is 2. The molecule has 1 N–H and O–H groups in total. The van der Waals surface area contributed by atoms with Crippen LogP contribution in [0.4, 0.5) is 0 Å². The maximum Gasteiger partial charge on any atom is 0.251 e. The Morgan fingerprint density at radius 2 is 1.79 bits per heavy atom. The van der Waals surface area contributed by atoms with Crippen LogP contribution in [0.1, 0.15) is 29.6 Å². The second-order valence-corrected chi connectivity index (χ2v) is 7.69. The van der Waals surface area contributed by atoms with Crippen LogP contribution in [0.15, 0.2) is 18.2 Å². The summed E-state index contributed by atoms with van der Waals surface area (Å²) >= 11 is 0. The van der Waals surface area contributed by atoms with E-state index in [4.69, 9.17) is 9.47 Å². The highest BCUT2D eigenvalue weighted by Crippen LogP contribution is 2.27. The monoisotopic (exact) mass is 356 g/mol. The van der Waals surface area contributed by atoms with Crippen molar-refractivity contribution in [1.82, 2.24) is 9.62 Å². The fourth-order valence-electron chi connectivity index (χ4n) is 2.65. The molecule has 0 saturated carbocycles. The van der Waals surface area contributed by atoms with Crippen LogP contribution in [0, 0.1) is 0 Å². The summed E-state index contributed by atoms with van der Waals surface area (Å²) in [6.07, 6.45) is 2.87. The molecule has 1 aliphatic heterocycles. The van der Waals surface area contributed by atoms with Crippen LogP contribution in [0.3, 0.4) is 0 Å². The predicted molar refractivity (Wildman–Crippen MR) is 91.1 cm³/mol. The van der Waals surface area contributed by atoms with Crippen LogP contribution in [0.2, 0.25) is 0 Å². The Bertz CT molecular complexity index is 669. The molecule has 0 atom stereocenters. The minimum absolute atomic E-state index is 0.0754. The van der Waals surface area contributed by atoms with Crippen molar-refractivity contribution in [3.8, 4) is 11.5 Å². The number of sulfonamides is 1. The molecule has 0 bridgehead atoms. The van der Waals surface area contributed by atoms with E-state index in [0.717, 1.165) is 19.3 Å². The maximum absolute atomic E-state index is 12.2. The molecule has 0 spiro atoms. The van der Waals surface area contributed by atoms with Crippen LogP contribution in [0.25, 0.3) is 0 Å². The average Bonchev–Trinajstić information content (AvgIpc) is 2.61. The number of ether oxygens (including phenoxy) is 2. The zero-order valence-electron chi connectivity index (χ0n) is 14.1. The Labute approximate surface area is 143 Å². The Balaban J connectivity index is 1.91. The van der Waals surface area contributed by atoms with Gasteiger partial charge in [0.25, 0.3) is 5.91 Å². The van der Waals surface area contributed by atoms with Gasteiger partial charge in [-0.3, -0.25) is 4.79 Å². The third kappa shape index (κ3) is 4.61. The van der Waals surface area contributed by atoms with Crippen molar-refractivity contribution in [2.24, 2.45) is 0 Å². The number of hydrogen-bond donors (Lipinski definition) is 1. The average molecular weight is 356 g/mol. The molecule has 2 rings (SSSR count). The van der Waals surface area contributed by atoms with Gasteiger partial charge in [0, 0.05) is 25.2 Å². The molecule has 0 radical (unpaired) electrons. The van der Waals surface area contributed by atoms with E-state index in [0.29, 0.717) is 30.2 Å². The Morgan fingerprint density at radius 1 is 1.12 bits per heavy atom. The van der Waals surface area contributed by atoms with Crippen molar-refractivity contribution in [3.05, 3.63) is 23.8 Å². The quantitative estimate of drug-likeness (QED) is 0.795. The summed E-state index contributed by atoms with van der Waals surface area (Å²) in [5.74, 6) is 0.545. The number of nitrogens with zero attached hydrogens (tertiary/aromatic N) is 1. The molecule has 1 aliphatic rings. The van der Waals surface area contributed by atoms with Crippen molar-refractivity contribution < 1.29 is 22.7 Å². The lowest BCUT2D eigenvalue weighted by Gasteiger charge is -2.25. The summed E-state index contributed by atoms with van der Waals surface area (Å²) in [5, 5.41) is 2.64. The standard InChI is InChI=1S/C16H24N2O5S/c1-22-14-7-6-13(12-15(14)23-2)16(19)17-8-11-24(20,21)18-9-4-3-5-10-18/h6-7,12H,3-5,8-11H2,1-2H3,(H,17,19). The maximum atomic E-state index is 12.2. The van der Waals surface area contributed by atoms with E-state index in [-0.39, 0.29) is 18.2 Å². The molecule has 1 saturated heterocycles. The first-order valence-corrected chi connectivity index (χ1v) is 9.57. The fourth-order valence-corrected chi connectivity index (χ4v) is 4.08. The number of carbonyl (C=O) groups is 1. The van der Waals surface area contributed by atoms with Crippen LogP contribution in [0.5, 0.6) is 11.5 Å². The van der Waals surface area contributed by atoms with Crippen molar-refractivity contribution in [3.63, 3.8) is 0 Å². The number of rotatable bonds is 7. The molecule has 0 aromatic heterocycles. The summed E-state index contributed by atoms with van der Waals surface area (Å²) < 4.78 is 36.2. The number of benzene rings is 1. The second-order valence-electron chi connectivity index (χ2n) is 5.60. The third-order valence-electron chi connectivity index (χ3n) is 4.00. The van der Waals surface area contributed by atoms with E-state index in [1.165, 1.54) is 18.5 Å². The highest BCUT2D eigenvalue weighted by Gasteiger charge is 2.23. The second kappa shape index (κ2) is 8.34. The molecule has 134 valence electrons. The molecule has 24 heavy (non-hydrogen) atoms. The summed E-state index contributed by atoms with van der Waals surface area (Å²) in [6, 6.07) is 4.81. The normalized spacial score (nSPS) is 15.8. The SMILES string of the molecule is COc1ccc(C(=O)NCCS(=O)(=O)N2CCCCC2)cc1OC. The van der Waals surface area contributed by atoms with Gasteiger partial charge >= 0.3 is 0 Å². The number of piperidine rings is 1. The van der Waals surface area contributed by atoms with Gasteiger partial charge in [0.2, 0.25) is 10.0 Å². The van der Waals surface area contributed by atoms with Gasteiger partial charge in [0.15, 0.2) is 11.5 Å². The van der Waals surface area contributed by atoms with Crippen molar-refractivity contribution in [2.75, 3.05) is 39.6 Å². The Kier molecular flexibility index (Phi) is 6.44. The van der Waals surface area contributed by atoms with Crippen molar-refractivity contribution >= 4 is 15.9 Å². The summed E-state index contributed by atoms with van der Waals surface area (Å²) in [5.41, 5.74) is 0.392. The number of amides is 1. The predicted octanol–water partition coefficient (Wildman–Crippen LogP) is 1.25. The highest BCUT2D eigenvalue weighted by atomic mass is 32.2. The first kappa shape index (κ1) is 18.5. The Morgan fingerprint density at radius 3 is 2.42 bits per heavy atom. The van der Waals surface area contributed by atoms with Crippen LogP contribution < -0.4 is 14.8 Å². The molecule has 1 aromatic carbocycles. The van der Waals surface area contributed by atoms with E-state index in [9.17, 15) is 13.2 Å². The van der Waals surface area contributed by atoms with Gasteiger partial charge < -0.3 is 14.8 Å². The topological polar surface area (TPSA) is 84.9 Å². The van der Waals surface area contributed by atoms with Crippen molar-refractivity contribution in [2.45, 2.75) is 19.3 Å². The molecule has 1 heterocycles. The van der Waals surface area contributed by atoms with Gasteiger partial charge in [0.05, 0.1) is 20.0 Å². The van der Waals surface area contributed by atoms with E-state index >= 15 is 0 Å². The summed E-state index contributed by atoms with van der Waals surface area (Å²) in [7, 11) is -0.303. The van der Waals surface area contributed by atoms with Gasteiger partial charge in [-0.2, -0.15) is 0 Å². The van der Waals surface area contributed by atoms with Gasteiger partial charge in [-0.15, -0.1) is 0 Å². The summed E-state index contributed by atoms with van der Waals surface area (Å²) in [4.78, 5) is 12.2. The molecule has 0 aliphatic carbocycles. The third-order valence-corrected chi connectivity index (χ3v) is 5.87. The van der Waals surface area contributed by atoms with E-state index in [1.807, 2.05) is 0 Å².